The van der Waals surface area contributed by atoms with Gasteiger partial charge in [-0.3, -0.25) is 0 Å². The van der Waals surface area contributed by atoms with Crippen LogP contribution in [-0.4, -0.2) is 4.98 Å². The van der Waals surface area contributed by atoms with E-state index in [9.17, 15) is 0 Å². The molecule has 2 saturated carbocycles. The smallest absolute Gasteiger partial charge is 0.123 e. The van der Waals surface area contributed by atoms with Crippen LogP contribution in [0.5, 0.6) is 0 Å². The van der Waals surface area contributed by atoms with Gasteiger partial charge in [0.05, 0.1) is 0 Å². The minimum atomic E-state index is 0.779. The van der Waals surface area contributed by atoms with E-state index in [-0.39, 0.29) is 0 Å². The molecule has 0 spiro atoms. The van der Waals surface area contributed by atoms with Gasteiger partial charge >= 0.3 is 0 Å². The van der Waals surface area contributed by atoms with Gasteiger partial charge in [0, 0.05) is 16.6 Å². The van der Waals surface area contributed by atoms with Crippen LogP contribution in [0.1, 0.15) is 89.0 Å². The largest absolute Gasteiger partial charge is 0.244 e. The monoisotopic (exact) mass is 399 g/mol. The van der Waals surface area contributed by atoms with Crippen molar-refractivity contribution in [3.05, 3.63) is 54.1 Å². The van der Waals surface area contributed by atoms with Crippen molar-refractivity contribution >= 4 is 11.3 Å². The van der Waals surface area contributed by atoms with E-state index >= 15 is 0 Å². The molecule has 0 saturated heterocycles. The van der Waals surface area contributed by atoms with Gasteiger partial charge in [0.1, 0.15) is 5.01 Å². The van der Waals surface area contributed by atoms with Crippen LogP contribution in [0.15, 0.2) is 43.6 Å². The van der Waals surface area contributed by atoms with Gasteiger partial charge in [0.25, 0.3) is 0 Å². The van der Waals surface area contributed by atoms with Gasteiger partial charge in [-0.15, -0.1) is 24.5 Å². The number of thiazole rings is 1. The SMILES string of the molecule is C=C.CC.CC1CC1.CCC1CCCCC1c1ccc(-c2ncc(C)s2)cc1. The molecular formula is C26H41NS. The number of aryl methyl sites for hydroxylation is 1. The summed E-state index contributed by atoms with van der Waals surface area (Å²) in [4.78, 5) is 5.76. The molecule has 2 atom stereocenters. The summed E-state index contributed by atoms with van der Waals surface area (Å²) in [6.07, 6.45) is 11.9. The van der Waals surface area contributed by atoms with Gasteiger partial charge in [-0.1, -0.05) is 84.1 Å². The van der Waals surface area contributed by atoms with E-state index < -0.39 is 0 Å². The molecule has 2 aliphatic rings. The van der Waals surface area contributed by atoms with E-state index in [0.29, 0.717) is 0 Å². The van der Waals surface area contributed by atoms with E-state index in [1.807, 2.05) is 20.0 Å². The molecule has 1 nitrogen and oxygen atoms in total. The number of benzene rings is 1. The van der Waals surface area contributed by atoms with Crippen molar-refractivity contribution in [1.82, 2.24) is 4.98 Å². The second-order valence-electron chi connectivity index (χ2n) is 7.64. The average Bonchev–Trinajstić information content (AvgIpc) is 3.44. The molecule has 156 valence electrons. The van der Waals surface area contributed by atoms with Crippen LogP contribution in [0.4, 0.5) is 0 Å². The molecule has 0 bridgehead atoms. The Kier molecular flexibility index (Phi) is 12.1. The van der Waals surface area contributed by atoms with E-state index in [4.69, 9.17) is 0 Å². The first-order chi connectivity index (χ1) is 13.7. The fourth-order valence-corrected chi connectivity index (χ4v) is 4.43. The second kappa shape index (κ2) is 13.7. The van der Waals surface area contributed by atoms with Crippen LogP contribution in [0.3, 0.4) is 0 Å². The Balaban J connectivity index is 0.000000419. The molecule has 2 fully saturated rings. The zero-order valence-corrected chi connectivity index (χ0v) is 19.7. The minimum Gasteiger partial charge on any atom is -0.244 e. The van der Waals surface area contributed by atoms with Gasteiger partial charge in [-0.2, -0.15) is 0 Å². The summed E-state index contributed by atoms with van der Waals surface area (Å²) >= 11 is 1.78. The van der Waals surface area contributed by atoms with Gasteiger partial charge in [0.2, 0.25) is 0 Å². The predicted octanol–water partition coefficient (Wildman–Crippen LogP) is 9.05. The molecule has 0 amide bonds. The Hall–Kier alpha value is -1.41. The van der Waals surface area contributed by atoms with Crippen molar-refractivity contribution in [2.75, 3.05) is 0 Å². The fraction of sp³-hybridized carbons (Fsp3) is 0.577. The third-order valence-corrected chi connectivity index (χ3v) is 6.47. The molecule has 28 heavy (non-hydrogen) atoms. The molecule has 4 rings (SSSR count). The maximum Gasteiger partial charge on any atom is 0.123 e. The summed E-state index contributed by atoms with van der Waals surface area (Å²) in [6, 6.07) is 9.19. The maximum absolute atomic E-state index is 4.48. The first-order valence-corrected chi connectivity index (χ1v) is 12.0. The molecule has 2 aliphatic carbocycles. The Morgan fingerprint density at radius 1 is 1.00 bits per heavy atom. The zero-order valence-electron chi connectivity index (χ0n) is 18.8. The van der Waals surface area contributed by atoms with Crippen LogP contribution < -0.4 is 0 Å². The summed E-state index contributed by atoms with van der Waals surface area (Å²) in [7, 11) is 0. The van der Waals surface area contributed by atoms with Crippen LogP contribution in [0.2, 0.25) is 0 Å². The van der Waals surface area contributed by atoms with Crippen molar-refractivity contribution in [3.63, 3.8) is 0 Å². The fourth-order valence-electron chi connectivity index (χ4n) is 3.66. The first-order valence-electron chi connectivity index (χ1n) is 11.2. The average molecular weight is 400 g/mol. The Bertz CT molecular complexity index is 639. The highest BCUT2D eigenvalue weighted by atomic mass is 32.1. The summed E-state index contributed by atoms with van der Waals surface area (Å²) in [5, 5.41) is 1.14. The first kappa shape index (κ1) is 24.6. The molecular weight excluding hydrogens is 358 g/mol. The maximum atomic E-state index is 4.48. The standard InChI is InChI=1S/C18H23NS.C4H8.C2H6.C2H4/c1-3-14-6-4-5-7-17(14)15-8-10-16(11-9-15)18-19-12-13(2)20-18;1-4-2-3-4;2*1-2/h8-12,14,17H,3-7H2,1-2H3;4H,2-3H2,1H3;1-2H3;1-2H2. The summed E-state index contributed by atoms with van der Waals surface area (Å²) in [5.41, 5.74) is 2.80. The highest BCUT2D eigenvalue weighted by Gasteiger charge is 2.24. The van der Waals surface area contributed by atoms with Gasteiger partial charge in [-0.25, -0.2) is 4.98 Å². The van der Waals surface area contributed by atoms with E-state index in [1.165, 1.54) is 60.9 Å². The minimum absolute atomic E-state index is 0.779. The normalized spacial score (nSPS) is 20.5. The lowest BCUT2D eigenvalue weighted by Crippen LogP contribution is -2.16. The zero-order chi connectivity index (χ0) is 20.9. The predicted molar refractivity (Wildman–Crippen MR) is 128 cm³/mol. The molecule has 0 aliphatic heterocycles. The number of nitrogens with zero attached hydrogens (tertiary/aromatic N) is 1. The van der Waals surface area contributed by atoms with Gasteiger partial charge < -0.3 is 0 Å². The lowest BCUT2D eigenvalue weighted by Gasteiger charge is -2.31. The van der Waals surface area contributed by atoms with Crippen LogP contribution in [0, 0.1) is 18.8 Å². The molecule has 1 aromatic carbocycles. The Labute approximate surface area is 178 Å². The van der Waals surface area contributed by atoms with Crippen LogP contribution in [0.25, 0.3) is 10.6 Å². The highest BCUT2D eigenvalue weighted by Crippen LogP contribution is 2.40. The lowest BCUT2D eigenvalue weighted by molar-refractivity contribution is 0.299. The second-order valence-corrected chi connectivity index (χ2v) is 8.87. The Morgan fingerprint density at radius 3 is 2.04 bits per heavy atom. The third kappa shape index (κ3) is 7.91. The van der Waals surface area contributed by atoms with E-state index in [2.05, 4.69) is 63.2 Å². The number of aromatic nitrogens is 1. The van der Waals surface area contributed by atoms with Gasteiger partial charge in [-0.05, 0) is 43.1 Å². The molecule has 0 N–H and O–H groups in total. The van der Waals surface area contributed by atoms with Gasteiger partial charge in [0.15, 0.2) is 0 Å². The summed E-state index contributed by atoms with van der Waals surface area (Å²) in [5.74, 6) is 2.75. The molecule has 2 heteroatoms. The quantitative estimate of drug-likeness (QED) is 0.469. The molecule has 0 radical (unpaired) electrons. The van der Waals surface area contributed by atoms with Crippen molar-refractivity contribution in [3.8, 4) is 10.6 Å². The summed E-state index contributed by atoms with van der Waals surface area (Å²) < 4.78 is 0. The van der Waals surface area contributed by atoms with E-state index in [1.54, 1.807) is 11.3 Å². The van der Waals surface area contributed by atoms with Crippen LogP contribution >= 0.6 is 11.3 Å². The number of hydrogen-bond acceptors (Lipinski definition) is 2. The Morgan fingerprint density at radius 2 is 1.57 bits per heavy atom. The van der Waals surface area contributed by atoms with Crippen molar-refractivity contribution in [2.45, 2.75) is 85.5 Å². The number of hydrogen-bond donors (Lipinski definition) is 0. The highest BCUT2D eigenvalue weighted by molar-refractivity contribution is 7.14. The van der Waals surface area contributed by atoms with Crippen molar-refractivity contribution in [1.29, 1.82) is 0 Å². The third-order valence-electron chi connectivity index (χ3n) is 5.51. The lowest BCUT2D eigenvalue weighted by atomic mass is 9.74. The van der Waals surface area contributed by atoms with Crippen molar-refractivity contribution in [2.24, 2.45) is 11.8 Å². The number of rotatable bonds is 3. The summed E-state index contributed by atoms with van der Waals surface area (Å²) in [6.45, 7) is 16.7. The molecule has 2 unspecified atom stereocenters. The van der Waals surface area contributed by atoms with Crippen molar-refractivity contribution < 1.29 is 0 Å². The van der Waals surface area contributed by atoms with E-state index in [0.717, 1.165) is 22.8 Å². The molecule has 1 aromatic heterocycles. The molecule has 2 aromatic rings. The van der Waals surface area contributed by atoms with Crippen LogP contribution in [-0.2, 0) is 0 Å². The molecule has 1 heterocycles. The topological polar surface area (TPSA) is 12.9 Å².